The summed E-state index contributed by atoms with van der Waals surface area (Å²) in [6.45, 7) is 6.82. The molecule has 0 aliphatic heterocycles. The van der Waals surface area contributed by atoms with E-state index < -0.39 is 0 Å². The lowest BCUT2D eigenvalue weighted by atomic mass is 10.2. The van der Waals surface area contributed by atoms with Crippen molar-refractivity contribution in [3.05, 3.63) is 47.8 Å². The highest BCUT2D eigenvalue weighted by Crippen LogP contribution is 2.17. The Morgan fingerprint density at radius 2 is 2.17 bits per heavy atom. The Morgan fingerprint density at radius 3 is 2.89 bits per heavy atom. The molecule has 0 unspecified atom stereocenters. The Kier molecular flexibility index (Phi) is 3.65. The number of benzene rings is 1. The summed E-state index contributed by atoms with van der Waals surface area (Å²) in [6, 6.07) is 5.14. The molecular weight excluding hydrogens is 229 g/mol. The van der Waals surface area contributed by atoms with Crippen LogP contribution in [-0.2, 0) is 6.54 Å². The van der Waals surface area contributed by atoms with Crippen molar-refractivity contribution in [1.82, 2.24) is 9.55 Å². The first-order valence-electron chi connectivity index (χ1n) is 6.08. The van der Waals surface area contributed by atoms with Crippen LogP contribution in [-0.4, -0.2) is 9.55 Å². The van der Waals surface area contributed by atoms with Crippen molar-refractivity contribution in [2.24, 2.45) is 0 Å². The molecule has 1 N–H and O–H groups in total. The van der Waals surface area contributed by atoms with Gasteiger partial charge in [-0.15, -0.1) is 0 Å². The molecule has 1 aromatic heterocycles. The summed E-state index contributed by atoms with van der Waals surface area (Å²) in [4.78, 5) is 4.14. The topological polar surface area (TPSA) is 29.9 Å². The van der Waals surface area contributed by atoms with Crippen LogP contribution in [0.1, 0.15) is 31.1 Å². The van der Waals surface area contributed by atoms with Gasteiger partial charge >= 0.3 is 0 Å². The molecule has 0 bridgehead atoms. The van der Waals surface area contributed by atoms with Crippen molar-refractivity contribution in [1.29, 1.82) is 0 Å². The molecule has 0 atom stereocenters. The quantitative estimate of drug-likeness (QED) is 0.895. The minimum absolute atomic E-state index is 0.222. The van der Waals surface area contributed by atoms with E-state index in [0.717, 1.165) is 16.9 Å². The number of aromatic nitrogens is 2. The number of nitrogens with one attached hydrogen (secondary N) is 1. The van der Waals surface area contributed by atoms with Crippen LogP contribution in [0, 0.1) is 12.7 Å². The van der Waals surface area contributed by atoms with Gasteiger partial charge in [0.15, 0.2) is 0 Å². The predicted octanol–water partition coefficient (Wildman–Crippen LogP) is 3.52. The lowest BCUT2D eigenvalue weighted by Crippen LogP contribution is -2.09. The molecule has 0 amide bonds. The molecule has 0 aliphatic rings. The number of halogens is 1. The van der Waals surface area contributed by atoms with E-state index in [4.69, 9.17) is 0 Å². The summed E-state index contributed by atoms with van der Waals surface area (Å²) < 4.78 is 15.3. The SMILES string of the molecule is Cc1ccc(F)cc1NCc1cncn1C(C)C. The van der Waals surface area contributed by atoms with Crippen LogP contribution in [0.25, 0.3) is 0 Å². The lowest BCUT2D eigenvalue weighted by molar-refractivity contribution is 0.577. The zero-order valence-corrected chi connectivity index (χ0v) is 10.9. The van der Waals surface area contributed by atoms with Crippen molar-refractivity contribution >= 4 is 5.69 Å². The second-order valence-corrected chi connectivity index (χ2v) is 4.70. The first-order valence-corrected chi connectivity index (χ1v) is 6.08. The normalized spacial score (nSPS) is 10.9. The fourth-order valence-electron chi connectivity index (χ4n) is 1.90. The summed E-state index contributed by atoms with van der Waals surface area (Å²) in [7, 11) is 0. The number of anilines is 1. The number of imidazole rings is 1. The molecule has 1 aromatic carbocycles. The van der Waals surface area contributed by atoms with E-state index in [0.29, 0.717) is 12.6 Å². The molecule has 96 valence electrons. The third kappa shape index (κ3) is 2.70. The molecule has 0 aliphatic carbocycles. The molecule has 0 fully saturated rings. The van der Waals surface area contributed by atoms with Crippen molar-refractivity contribution < 1.29 is 4.39 Å². The van der Waals surface area contributed by atoms with Crippen molar-refractivity contribution in [3.8, 4) is 0 Å². The summed E-state index contributed by atoms with van der Waals surface area (Å²) in [5.41, 5.74) is 2.95. The largest absolute Gasteiger partial charge is 0.379 e. The maximum Gasteiger partial charge on any atom is 0.125 e. The third-order valence-electron chi connectivity index (χ3n) is 2.96. The molecule has 2 aromatic rings. The van der Waals surface area contributed by atoms with Crippen molar-refractivity contribution in [2.45, 2.75) is 33.4 Å². The predicted molar refractivity (Wildman–Crippen MR) is 71.1 cm³/mol. The van der Waals surface area contributed by atoms with Gasteiger partial charge < -0.3 is 9.88 Å². The number of nitrogens with zero attached hydrogens (tertiary/aromatic N) is 2. The van der Waals surface area contributed by atoms with Gasteiger partial charge in [-0.2, -0.15) is 0 Å². The minimum atomic E-state index is -0.222. The monoisotopic (exact) mass is 247 g/mol. The molecule has 0 spiro atoms. The number of hydrogen-bond donors (Lipinski definition) is 1. The fraction of sp³-hybridized carbons (Fsp3) is 0.357. The number of rotatable bonds is 4. The first kappa shape index (κ1) is 12.6. The molecule has 1 heterocycles. The Morgan fingerprint density at radius 1 is 1.39 bits per heavy atom. The highest BCUT2D eigenvalue weighted by molar-refractivity contribution is 5.50. The average Bonchev–Trinajstić information content (AvgIpc) is 2.79. The van der Waals surface area contributed by atoms with Gasteiger partial charge in [-0.05, 0) is 38.5 Å². The summed E-state index contributed by atoms with van der Waals surface area (Å²) in [5, 5.41) is 3.25. The van der Waals surface area contributed by atoms with E-state index >= 15 is 0 Å². The van der Waals surface area contributed by atoms with Crippen LogP contribution in [0.5, 0.6) is 0 Å². The lowest BCUT2D eigenvalue weighted by Gasteiger charge is -2.14. The summed E-state index contributed by atoms with van der Waals surface area (Å²) in [6.07, 6.45) is 3.65. The molecule has 4 heteroatoms. The van der Waals surface area contributed by atoms with E-state index in [9.17, 15) is 4.39 Å². The third-order valence-corrected chi connectivity index (χ3v) is 2.96. The second kappa shape index (κ2) is 5.21. The van der Waals surface area contributed by atoms with Gasteiger partial charge in [0.05, 0.1) is 18.6 Å². The molecule has 2 rings (SSSR count). The zero-order chi connectivity index (χ0) is 13.1. The highest BCUT2D eigenvalue weighted by atomic mass is 19.1. The Balaban J connectivity index is 2.11. The van der Waals surface area contributed by atoms with Gasteiger partial charge in [-0.3, -0.25) is 0 Å². The van der Waals surface area contributed by atoms with Crippen LogP contribution in [0.4, 0.5) is 10.1 Å². The smallest absolute Gasteiger partial charge is 0.125 e. The van der Waals surface area contributed by atoms with Crippen LogP contribution < -0.4 is 5.32 Å². The average molecular weight is 247 g/mol. The van der Waals surface area contributed by atoms with Crippen LogP contribution in [0.15, 0.2) is 30.7 Å². The van der Waals surface area contributed by atoms with Gasteiger partial charge in [0, 0.05) is 17.9 Å². The van der Waals surface area contributed by atoms with Gasteiger partial charge in [0.2, 0.25) is 0 Å². The first-order chi connectivity index (χ1) is 8.58. The standard InChI is InChI=1S/C14H18FN3/c1-10(2)18-9-16-7-13(18)8-17-14-6-12(15)5-4-11(14)3/h4-7,9-10,17H,8H2,1-3H3. The number of hydrogen-bond acceptors (Lipinski definition) is 2. The van der Waals surface area contributed by atoms with E-state index in [1.165, 1.54) is 12.1 Å². The second-order valence-electron chi connectivity index (χ2n) is 4.70. The summed E-state index contributed by atoms with van der Waals surface area (Å²) >= 11 is 0. The van der Waals surface area contributed by atoms with E-state index in [-0.39, 0.29) is 5.82 Å². The molecule has 0 radical (unpaired) electrons. The van der Waals surface area contributed by atoms with Gasteiger partial charge in [0.25, 0.3) is 0 Å². The molecule has 0 saturated heterocycles. The van der Waals surface area contributed by atoms with Gasteiger partial charge in [-0.25, -0.2) is 9.37 Å². The Bertz CT molecular complexity index is 532. The van der Waals surface area contributed by atoms with E-state index in [2.05, 4.69) is 28.7 Å². The van der Waals surface area contributed by atoms with E-state index in [1.807, 2.05) is 19.4 Å². The van der Waals surface area contributed by atoms with Crippen LogP contribution >= 0.6 is 0 Å². The molecule has 0 saturated carbocycles. The maximum absolute atomic E-state index is 13.2. The summed E-state index contributed by atoms with van der Waals surface area (Å²) in [5.74, 6) is -0.222. The fourth-order valence-corrected chi connectivity index (χ4v) is 1.90. The Hall–Kier alpha value is -1.84. The van der Waals surface area contributed by atoms with Crippen LogP contribution in [0.2, 0.25) is 0 Å². The molecule has 3 nitrogen and oxygen atoms in total. The molecular formula is C14H18FN3. The maximum atomic E-state index is 13.2. The van der Waals surface area contributed by atoms with Gasteiger partial charge in [-0.1, -0.05) is 6.07 Å². The van der Waals surface area contributed by atoms with Crippen molar-refractivity contribution in [2.75, 3.05) is 5.32 Å². The zero-order valence-electron chi connectivity index (χ0n) is 10.9. The Labute approximate surface area is 107 Å². The van der Waals surface area contributed by atoms with Crippen LogP contribution in [0.3, 0.4) is 0 Å². The van der Waals surface area contributed by atoms with Crippen molar-refractivity contribution in [3.63, 3.8) is 0 Å². The van der Waals surface area contributed by atoms with E-state index in [1.54, 1.807) is 6.07 Å². The minimum Gasteiger partial charge on any atom is -0.379 e. The number of aryl methyl sites for hydroxylation is 1. The molecule has 18 heavy (non-hydrogen) atoms. The van der Waals surface area contributed by atoms with Gasteiger partial charge in [0.1, 0.15) is 5.82 Å². The highest BCUT2D eigenvalue weighted by Gasteiger charge is 2.06.